The molecule has 0 aliphatic carbocycles. The second kappa shape index (κ2) is 10.3. The second-order valence-electron chi connectivity index (χ2n) is 4.54. The van der Waals surface area contributed by atoms with Crippen molar-refractivity contribution in [3.05, 3.63) is 19.1 Å². The van der Waals surface area contributed by atoms with Gasteiger partial charge < -0.3 is 23.5 Å². The first-order valence-corrected chi connectivity index (χ1v) is 8.17. The lowest BCUT2D eigenvalue weighted by atomic mass is 10.5. The molecule has 0 spiro atoms. The van der Waals surface area contributed by atoms with Gasteiger partial charge >= 0.3 is 18.3 Å². The maximum atomic E-state index is 12.0. The Kier molecular flexibility index (Phi) is 9.54. The zero-order chi connectivity index (χ0) is 16.4. The quantitative estimate of drug-likeness (QED) is 0.403. The Labute approximate surface area is 125 Å². The van der Waals surface area contributed by atoms with E-state index >= 15 is 0 Å². The largest absolute Gasteiger partial charge is 0.512 e. The number of rotatable bonds is 7. The SMILES string of the molecule is [CH2]C=CC[PH](=O)C(OC(=O)OC(C)C)OC(=O)OC(C)C. The van der Waals surface area contributed by atoms with Crippen molar-refractivity contribution in [3.8, 4) is 0 Å². The Bertz CT molecular complexity index is 366. The van der Waals surface area contributed by atoms with E-state index in [1.807, 2.05) is 0 Å². The topological polar surface area (TPSA) is 88.1 Å². The highest BCUT2D eigenvalue weighted by atomic mass is 31.1. The summed E-state index contributed by atoms with van der Waals surface area (Å²) in [6.07, 6.45) is 0.0726. The molecule has 0 amide bonds. The molecule has 8 heteroatoms. The van der Waals surface area contributed by atoms with E-state index < -0.39 is 38.4 Å². The van der Waals surface area contributed by atoms with Crippen LogP contribution in [-0.2, 0) is 23.5 Å². The van der Waals surface area contributed by atoms with Crippen LogP contribution in [0.2, 0.25) is 0 Å². The van der Waals surface area contributed by atoms with Crippen LogP contribution >= 0.6 is 7.80 Å². The van der Waals surface area contributed by atoms with Crippen molar-refractivity contribution in [1.82, 2.24) is 0 Å². The monoisotopic (exact) mass is 321 g/mol. The summed E-state index contributed by atoms with van der Waals surface area (Å²) in [5.74, 6) is 0. The zero-order valence-electron chi connectivity index (χ0n) is 12.7. The van der Waals surface area contributed by atoms with Gasteiger partial charge in [-0.15, -0.1) is 0 Å². The lowest BCUT2D eigenvalue weighted by Crippen LogP contribution is -2.25. The molecule has 0 aliphatic heterocycles. The molecule has 121 valence electrons. The summed E-state index contributed by atoms with van der Waals surface area (Å²) in [6.45, 7) is 9.94. The predicted molar refractivity (Wildman–Crippen MR) is 77.6 cm³/mol. The molecule has 0 fully saturated rings. The van der Waals surface area contributed by atoms with Crippen molar-refractivity contribution in [1.29, 1.82) is 0 Å². The number of hydrogen-bond acceptors (Lipinski definition) is 7. The van der Waals surface area contributed by atoms with Crippen molar-refractivity contribution in [3.63, 3.8) is 0 Å². The van der Waals surface area contributed by atoms with E-state index in [9.17, 15) is 14.2 Å². The minimum absolute atomic E-state index is 0.0722. The molecule has 0 aromatic heterocycles. The minimum atomic E-state index is -2.57. The first-order chi connectivity index (χ1) is 9.76. The molecular formula is C13H22O7P. The highest BCUT2D eigenvalue weighted by Gasteiger charge is 2.27. The third-order valence-corrected chi connectivity index (χ3v) is 3.22. The van der Waals surface area contributed by atoms with E-state index in [-0.39, 0.29) is 6.16 Å². The van der Waals surface area contributed by atoms with Gasteiger partial charge in [0.25, 0.3) is 0 Å². The molecule has 0 saturated carbocycles. The Hall–Kier alpha value is -1.49. The van der Waals surface area contributed by atoms with E-state index in [4.69, 9.17) is 18.9 Å². The van der Waals surface area contributed by atoms with Gasteiger partial charge in [-0.3, -0.25) is 0 Å². The highest BCUT2D eigenvalue weighted by Crippen LogP contribution is 2.31. The van der Waals surface area contributed by atoms with Crippen LogP contribution in [0.3, 0.4) is 0 Å². The summed E-state index contributed by atoms with van der Waals surface area (Å²) in [7, 11) is -2.57. The molecule has 0 aromatic rings. The lowest BCUT2D eigenvalue weighted by Gasteiger charge is -2.18. The fraction of sp³-hybridized carbons (Fsp3) is 0.615. The van der Waals surface area contributed by atoms with Crippen molar-refractivity contribution in [2.24, 2.45) is 0 Å². The maximum Gasteiger partial charge on any atom is 0.512 e. The van der Waals surface area contributed by atoms with E-state index in [0.717, 1.165) is 0 Å². The zero-order valence-corrected chi connectivity index (χ0v) is 13.7. The predicted octanol–water partition coefficient (Wildman–Crippen LogP) is 3.34. The molecule has 7 nitrogen and oxygen atoms in total. The molecule has 21 heavy (non-hydrogen) atoms. The molecule has 0 bridgehead atoms. The summed E-state index contributed by atoms with van der Waals surface area (Å²) in [6, 6.07) is -1.54. The summed E-state index contributed by atoms with van der Waals surface area (Å²) in [4.78, 5) is 22.8. The summed E-state index contributed by atoms with van der Waals surface area (Å²) < 4.78 is 31.0. The standard InChI is InChI=1S/C13H22O7P/c1-6-7-8-21(16)13(19-11(14)17-9(2)3)20-12(15)18-10(4)5/h6-7,9-10,13,21H,1,8H2,2-5H3. The van der Waals surface area contributed by atoms with Gasteiger partial charge in [0, 0.05) is 6.16 Å². The maximum absolute atomic E-state index is 12.0. The van der Waals surface area contributed by atoms with Gasteiger partial charge in [-0.2, -0.15) is 0 Å². The molecule has 0 saturated heterocycles. The minimum Gasteiger partial charge on any atom is -0.431 e. The van der Waals surface area contributed by atoms with Crippen molar-refractivity contribution in [2.45, 2.75) is 45.9 Å². The molecule has 1 radical (unpaired) electrons. The van der Waals surface area contributed by atoms with E-state index in [0.29, 0.717) is 0 Å². The molecule has 0 N–H and O–H groups in total. The third kappa shape index (κ3) is 9.96. The molecule has 0 aliphatic rings. The molecular weight excluding hydrogens is 299 g/mol. The van der Waals surface area contributed by atoms with Crippen LogP contribution in [0, 0.1) is 6.92 Å². The lowest BCUT2D eigenvalue weighted by molar-refractivity contribution is -0.0715. The number of allylic oxidation sites excluding steroid dienone is 2. The van der Waals surface area contributed by atoms with Crippen LogP contribution in [0.15, 0.2) is 12.2 Å². The van der Waals surface area contributed by atoms with Gasteiger partial charge in [-0.25, -0.2) is 9.59 Å². The van der Waals surface area contributed by atoms with Gasteiger partial charge in [0.15, 0.2) is 7.80 Å². The van der Waals surface area contributed by atoms with E-state index in [2.05, 4.69) is 6.92 Å². The highest BCUT2D eigenvalue weighted by molar-refractivity contribution is 7.45. The first-order valence-electron chi connectivity index (χ1n) is 6.47. The smallest absolute Gasteiger partial charge is 0.431 e. The Morgan fingerprint density at radius 2 is 1.43 bits per heavy atom. The molecule has 1 atom stereocenters. The van der Waals surface area contributed by atoms with E-state index in [1.165, 1.54) is 12.2 Å². The summed E-state index contributed by atoms with van der Waals surface area (Å²) in [5.41, 5.74) is 0. The van der Waals surface area contributed by atoms with Crippen molar-refractivity contribution < 1.29 is 33.1 Å². The second-order valence-corrected chi connectivity index (χ2v) is 6.35. The summed E-state index contributed by atoms with van der Waals surface area (Å²) in [5, 5.41) is 0. The van der Waals surface area contributed by atoms with Gasteiger partial charge in [-0.1, -0.05) is 12.2 Å². The Balaban J connectivity index is 4.71. The van der Waals surface area contributed by atoms with Gasteiger partial charge in [-0.05, 0) is 34.6 Å². The van der Waals surface area contributed by atoms with Gasteiger partial charge in [0.1, 0.15) is 0 Å². The Morgan fingerprint density at radius 3 is 1.76 bits per heavy atom. The van der Waals surface area contributed by atoms with Crippen molar-refractivity contribution in [2.75, 3.05) is 6.16 Å². The van der Waals surface area contributed by atoms with Crippen molar-refractivity contribution >= 4 is 20.1 Å². The van der Waals surface area contributed by atoms with Crippen LogP contribution in [0.4, 0.5) is 9.59 Å². The number of carbonyl (C=O) groups is 2. The third-order valence-electron chi connectivity index (χ3n) is 1.82. The fourth-order valence-electron chi connectivity index (χ4n) is 1.07. The fourth-order valence-corrected chi connectivity index (χ4v) is 2.11. The number of ether oxygens (including phenoxy) is 4. The normalized spacial score (nSPS) is 12.8. The molecule has 0 heterocycles. The Morgan fingerprint density at radius 1 is 1.00 bits per heavy atom. The average Bonchev–Trinajstić information content (AvgIpc) is 2.32. The number of hydrogen-bond donors (Lipinski definition) is 0. The molecule has 0 rings (SSSR count). The van der Waals surface area contributed by atoms with Crippen LogP contribution in [-0.4, -0.2) is 36.7 Å². The van der Waals surface area contributed by atoms with E-state index in [1.54, 1.807) is 27.7 Å². The van der Waals surface area contributed by atoms with Crippen LogP contribution in [0.1, 0.15) is 27.7 Å². The molecule has 0 aromatic carbocycles. The average molecular weight is 321 g/mol. The van der Waals surface area contributed by atoms with Gasteiger partial charge in [0.2, 0.25) is 0 Å². The van der Waals surface area contributed by atoms with Crippen LogP contribution in [0.5, 0.6) is 0 Å². The van der Waals surface area contributed by atoms with Crippen LogP contribution in [0.25, 0.3) is 0 Å². The first kappa shape index (κ1) is 19.5. The van der Waals surface area contributed by atoms with Gasteiger partial charge in [0.05, 0.1) is 12.2 Å². The van der Waals surface area contributed by atoms with Crippen LogP contribution < -0.4 is 0 Å². The number of carbonyl (C=O) groups excluding carboxylic acids is 2. The molecule has 1 unspecified atom stereocenters. The summed E-state index contributed by atoms with van der Waals surface area (Å²) >= 11 is 0.